The lowest BCUT2D eigenvalue weighted by molar-refractivity contribution is -0.147. The van der Waals surface area contributed by atoms with Crippen LogP contribution in [0.3, 0.4) is 0 Å². The zero-order valence-electron chi connectivity index (χ0n) is 20.6. The third-order valence-electron chi connectivity index (χ3n) is 6.61. The number of rotatable bonds is 6. The summed E-state index contributed by atoms with van der Waals surface area (Å²) in [5.41, 5.74) is 2.29. The van der Waals surface area contributed by atoms with Crippen molar-refractivity contribution in [2.75, 3.05) is 6.61 Å². The molecule has 0 saturated heterocycles. The second-order valence-corrected chi connectivity index (χ2v) is 9.33. The van der Waals surface area contributed by atoms with E-state index < -0.39 is 11.5 Å². The van der Waals surface area contributed by atoms with Crippen LogP contribution in [0.2, 0.25) is 0 Å². The van der Waals surface area contributed by atoms with Crippen LogP contribution in [0, 0.1) is 6.92 Å². The molecule has 35 heavy (non-hydrogen) atoms. The normalized spacial score (nSPS) is 14.7. The fourth-order valence-electron chi connectivity index (χ4n) is 4.29. The first kappa shape index (κ1) is 22.8. The van der Waals surface area contributed by atoms with E-state index in [1.807, 2.05) is 42.9 Å². The number of imidazole rings is 1. The highest BCUT2D eigenvalue weighted by atomic mass is 16.5. The van der Waals surface area contributed by atoms with E-state index in [1.54, 1.807) is 19.3 Å². The van der Waals surface area contributed by atoms with Gasteiger partial charge in [0.1, 0.15) is 29.7 Å². The number of aliphatic carboxylic acids is 1. The molecule has 1 atom stereocenters. The Labute approximate surface area is 203 Å². The smallest absolute Gasteiger partial charge is 0.331 e. The van der Waals surface area contributed by atoms with Gasteiger partial charge in [0.15, 0.2) is 11.4 Å². The molecular formula is C25H29N7O3. The Morgan fingerprint density at radius 1 is 1.20 bits per heavy atom. The molecule has 4 heterocycles. The third-order valence-corrected chi connectivity index (χ3v) is 6.61. The molecule has 3 aromatic heterocycles. The number of hydrogen-bond acceptors (Lipinski definition) is 6. The lowest BCUT2D eigenvalue weighted by Gasteiger charge is -2.23. The topological polar surface area (TPSA) is 113 Å². The maximum atomic E-state index is 11.8. The molecule has 10 heteroatoms. The Morgan fingerprint density at radius 3 is 2.71 bits per heavy atom. The average molecular weight is 476 g/mol. The quantitative estimate of drug-likeness (QED) is 0.445. The van der Waals surface area contributed by atoms with Crippen molar-refractivity contribution in [1.29, 1.82) is 0 Å². The van der Waals surface area contributed by atoms with Gasteiger partial charge in [-0.05, 0) is 51.8 Å². The van der Waals surface area contributed by atoms with E-state index in [4.69, 9.17) is 9.72 Å². The molecule has 10 nitrogen and oxygen atoms in total. The third kappa shape index (κ3) is 3.78. The van der Waals surface area contributed by atoms with Gasteiger partial charge in [-0.2, -0.15) is 10.2 Å². The fraction of sp³-hybridized carbons (Fsp3) is 0.400. The maximum Gasteiger partial charge on any atom is 0.331 e. The van der Waals surface area contributed by atoms with Crippen molar-refractivity contribution in [3.8, 4) is 39.8 Å². The molecular weight excluding hydrogens is 446 g/mol. The van der Waals surface area contributed by atoms with E-state index in [1.165, 1.54) is 4.68 Å². The number of hydrogen-bond donors (Lipinski definition) is 1. The van der Waals surface area contributed by atoms with Crippen LogP contribution in [-0.2, 0) is 16.9 Å². The van der Waals surface area contributed by atoms with Crippen molar-refractivity contribution < 1.29 is 14.6 Å². The van der Waals surface area contributed by atoms with Gasteiger partial charge in [-0.1, -0.05) is 13.0 Å². The molecule has 0 radical (unpaired) electrons. The summed E-state index contributed by atoms with van der Waals surface area (Å²) in [6.07, 6.45) is 5.89. The molecule has 0 saturated carbocycles. The number of carboxylic acid groups (broad SMARTS) is 1. The van der Waals surface area contributed by atoms with Gasteiger partial charge < -0.3 is 14.4 Å². The first-order chi connectivity index (χ1) is 16.7. The van der Waals surface area contributed by atoms with Crippen molar-refractivity contribution in [1.82, 2.24) is 34.1 Å². The van der Waals surface area contributed by atoms with Gasteiger partial charge in [0.05, 0.1) is 18.3 Å². The average Bonchev–Trinajstić information content (AvgIpc) is 3.55. The molecule has 1 N–H and O–H groups in total. The van der Waals surface area contributed by atoms with E-state index in [9.17, 15) is 9.90 Å². The number of carbonyl (C=O) groups is 1. The van der Waals surface area contributed by atoms with Crippen molar-refractivity contribution in [3.05, 3.63) is 42.6 Å². The van der Waals surface area contributed by atoms with Crippen LogP contribution in [0.15, 0.2) is 36.8 Å². The molecule has 5 rings (SSSR count). The van der Waals surface area contributed by atoms with Crippen molar-refractivity contribution in [2.45, 2.75) is 59.2 Å². The van der Waals surface area contributed by atoms with Gasteiger partial charge in [0.2, 0.25) is 0 Å². The Bertz CT molecular complexity index is 1410. The standard InChI is InChI=1S/C25H29N7O3/c1-6-25(5,24(33)34)31-13-18(12-26-31)17-7-8-19-21(11-17)35-10-9-30-14-20(28-22(19)30)23-27-16(4)29-32(23)15(2)3/h7-8,11-15H,6,9-10H2,1-5H3,(H,33,34). The number of aryl methyl sites for hydroxylation is 1. The van der Waals surface area contributed by atoms with Crippen LogP contribution in [0.5, 0.6) is 5.75 Å². The molecule has 182 valence electrons. The zero-order valence-corrected chi connectivity index (χ0v) is 20.6. The van der Waals surface area contributed by atoms with E-state index >= 15 is 0 Å². The predicted octanol–water partition coefficient (Wildman–Crippen LogP) is 4.16. The number of ether oxygens (including phenoxy) is 1. The van der Waals surface area contributed by atoms with Crippen molar-refractivity contribution >= 4 is 5.97 Å². The van der Waals surface area contributed by atoms with Gasteiger partial charge in [0.25, 0.3) is 0 Å². The van der Waals surface area contributed by atoms with Crippen LogP contribution in [0.25, 0.3) is 34.0 Å². The fourth-order valence-corrected chi connectivity index (χ4v) is 4.29. The van der Waals surface area contributed by atoms with Crippen LogP contribution in [-0.4, -0.2) is 51.8 Å². The van der Waals surface area contributed by atoms with E-state index in [0.29, 0.717) is 25.4 Å². The largest absolute Gasteiger partial charge is 0.491 e. The molecule has 0 aliphatic carbocycles. The van der Waals surface area contributed by atoms with Crippen molar-refractivity contribution in [2.24, 2.45) is 0 Å². The number of nitrogens with zero attached hydrogens (tertiary/aromatic N) is 7. The Kier molecular flexibility index (Phi) is 5.46. The lowest BCUT2D eigenvalue weighted by Crippen LogP contribution is -2.38. The molecule has 1 aliphatic rings. The number of carboxylic acids is 1. The molecule has 1 aliphatic heterocycles. The van der Waals surface area contributed by atoms with Crippen molar-refractivity contribution in [3.63, 3.8) is 0 Å². The molecule has 0 fully saturated rings. The highest BCUT2D eigenvalue weighted by Gasteiger charge is 2.34. The Hall–Kier alpha value is -3.95. The monoisotopic (exact) mass is 475 g/mol. The molecule has 1 aromatic carbocycles. The maximum absolute atomic E-state index is 11.8. The summed E-state index contributed by atoms with van der Waals surface area (Å²) in [7, 11) is 0. The van der Waals surface area contributed by atoms with E-state index in [0.717, 1.165) is 39.8 Å². The number of aromatic nitrogens is 7. The van der Waals surface area contributed by atoms with E-state index in [2.05, 4.69) is 33.6 Å². The summed E-state index contributed by atoms with van der Waals surface area (Å²) in [6, 6.07) is 6.11. The van der Waals surface area contributed by atoms with Crippen LogP contribution < -0.4 is 4.74 Å². The number of fused-ring (bicyclic) bond motifs is 3. The highest BCUT2D eigenvalue weighted by Crippen LogP contribution is 2.37. The summed E-state index contributed by atoms with van der Waals surface area (Å²) >= 11 is 0. The summed E-state index contributed by atoms with van der Waals surface area (Å²) in [5.74, 6) is 2.10. The Balaban J connectivity index is 1.53. The molecule has 0 spiro atoms. The van der Waals surface area contributed by atoms with Gasteiger partial charge in [0, 0.05) is 24.0 Å². The highest BCUT2D eigenvalue weighted by molar-refractivity contribution is 5.77. The molecule has 4 aromatic rings. The van der Waals surface area contributed by atoms with Gasteiger partial charge in [-0.3, -0.25) is 4.68 Å². The minimum atomic E-state index is -1.10. The Morgan fingerprint density at radius 2 is 2.00 bits per heavy atom. The summed E-state index contributed by atoms with van der Waals surface area (Å²) in [4.78, 5) is 21.3. The summed E-state index contributed by atoms with van der Waals surface area (Å²) in [5, 5.41) is 18.6. The SMILES string of the molecule is CCC(C)(C(=O)O)n1cc(-c2ccc3c(c2)OCCn2cc(-c4nc(C)nn4C(C)C)nc2-3)cn1. The first-order valence-corrected chi connectivity index (χ1v) is 11.8. The predicted molar refractivity (Wildman–Crippen MR) is 130 cm³/mol. The van der Waals surface area contributed by atoms with Gasteiger partial charge in [-0.25, -0.2) is 19.4 Å². The molecule has 1 unspecified atom stereocenters. The molecule has 0 bridgehead atoms. The zero-order chi connectivity index (χ0) is 24.9. The van der Waals surface area contributed by atoms with Crippen LogP contribution >= 0.6 is 0 Å². The van der Waals surface area contributed by atoms with Crippen LogP contribution in [0.1, 0.15) is 46.0 Å². The number of benzene rings is 1. The van der Waals surface area contributed by atoms with E-state index in [-0.39, 0.29) is 6.04 Å². The summed E-state index contributed by atoms with van der Waals surface area (Å²) in [6.45, 7) is 10.7. The molecule has 0 amide bonds. The van der Waals surface area contributed by atoms with Gasteiger partial charge in [-0.15, -0.1) is 0 Å². The minimum Gasteiger partial charge on any atom is -0.491 e. The lowest BCUT2D eigenvalue weighted by atomic mass is 9.99. The van der Waals surface area contributed by atoms with Gasteiger partial charge >= 0.3 is 5.97 Å². The first-order valence-electron chi connectivity index (χ1n) is 11.8. The van der Waals surface area contributed by atoms with Crippen LogP contribution in [0.4, 0.5) is 0 Å². The second-order valence-electron chi connectivity index (χ2n) is 9.33. The minimum absolute atomic E-state index is 0.169. The summed E-state index contributed by atoms with van der Waals surface area (Å²) < 4.78 is 11.6. The second kappa shape index (κ2) is 8.37.